The normalized spacial score (nSPS) is 21.4. The lowest BCUT2D eigenvalue weighted by Gasteiger charge is -2.19. The summed E-state index contributed by atoms with van der Waals surface area (Å²) in [6.07, 6.45) is -3.06. The fourth-order valence-electron chi connectivity index (χ4n) is 3.14. The lowest BCUT2D eigenvalue weighted by molar-refractivity contribution is -0.182. The molecule has 1 aromatic heterocycles. The number of nitrogens with two attached hydrogens (primary N) is 1. The van der Waals surface area contributed by atoms with E-state index in [9.17, 15) is 22.8 Å². The number of carbonyl (C=O) groups is 2. The van der Waals surface area contributed by atoms with Crippen LogP contribution in [0.5, 0.6) is 0 Å². The number of aromatic amines is 1. The van der Waals surface area contributed by atoms with Crippen LogP contribution < -0.4 is 5.73 Å². The second-order valence-corrected chi connectivity index (χ2v) is 6.01. The third-order valence-electron chi connectivity index (χ3n) is 4.32. The molecule has 2 atom stereocenters. The largest absolute Gasteiger partial charge is 0.394 e. The maximum Gasteiger partial charge on any atom is 0.394 e. The molecule has 1 fully saturated rings. The van der Waals surface area contributed by atoms with Crippen molar-refractivity contribution in [2.24, 2.45) is 17.6 Å². The van der Waals surface area contributed by atoms with E-state index in [2.05, 4.69) is 10.2 Å². The van der Waals surface area contributed by atoms with Gasteiger partial charge in [0.15, 0.2) is 0 Å². The van der Waals surface area contributed by atoms with Crippen molar-refractivity contribution in [1.82, 2.24) is 15.1 Å². The van der Waals surface area contributed by atoms with Gasteiger partial charge in [-0.3, -0.25) is 14.7 Å². The van der Waals surface area contributed by atoms with Gasteiger partial charge in [-0.1, -0.05) is 0 Å². The van der Waals surface area contributed by atoms with Gasteiger partial charge >= 0.3 is 6.18 Å². The van der Waals surface area contributed by atoms with Gasteiger partial charge in [0, 0.05) is 18.5 Å². The minimum Gasteiger partial charge on any atom is -0.369 e. The van der Waals surface area contributed by atoms with Gasteiger partial charge in [0.2, 0.25) is 5.91 Å². The highest BCUT2D eigenvalue weighted by Gasteiger charge is 2.52. The Morgan fingerprint density at radius 3 is 2.62 bits per heavy atom. The topological polar surface area (TPSA) is 92.1 Å². The van der Waals surface area contributed by atoms with E-state index in [0.717, 1.165) is 10.5 Å². The summed E-state index contributed by atoms with van der Waals surface area (Å²) in [7, 11) is 0. The zero-order valence-corrected chi connectivity index (χ0v) is 12.7. The zero-order chi connectivity index (χ0) is 17.6. The average Bonchev–Trinajstić information content (AvgIpc) is 3.11. The van der Waals surface area contributed by atoms with Gasteiger partial charge in [0.25, 0.3) is 5.91 Å². The molecule has 1 saturated heterocycles. The molecule has 3 N–H and O–H groups in total. The van der Waals surface area contributed by atoms with Crippen LogP contribution in [0.4, 0.5) is 13.2 Å². The zero-order valence-electron chi connectivity index (χ0n) is 12.7. The van der Waals surface area contributed by atoms with Crippen molar-refractivity contribution < 1.29 is 22.8 Å². The second kappa shape index (κ2) is 5.50. The summed E-state index contributed by atoms with van der Waals surface area (Å²) in [5.74, 6) is -5.01. The Hall–Kier alpha value is -2.58. The Morgan fingerprint density at radius 1 is 1.33 bits per heavy atom. The predicted octanol–water partition coefficient (Wildman–Crippen LogP) is 1.61. The van der Waals surface area contributed by atoms with E-state index in [1.165, 1.54) is 6.20 Å². The average molecular weight is 340 g/mol. The molecule has 0 spiro atoms. The minimum atomic E-state index is -4.59. The second-order valence-electron chi connectivity index (χ2n) is 6.01. The lowest BCUT2D eigenvalue weighted by atomic mass is 9.95. The van der Waals surface area contributed by atoms with Crippen LogP contribution in [0.1, 0.15) is 15.9 Å². The highest BCUT2D eigenvalue weighted by Crippen LogP contribution is 2.38. The molecule has 0 aliphatic carbocycles. The van der Waals surface area contributed by atoms with Crippen LogP contribution in [-0.4, -0.2) is 46.2 Å². The van der Waals surface area contributed by atoms with E-state index in [1.54, 1.807) is 13.0 Å². The van der Waals surface area contributed by atoms with E-state index in [1.807, 2.05) is 6.07 Å². The van der Waals surface area contributed by atoms with E-state index in [4.69, 9.17) is 5.73 Å². The quantitative estimate of drug-likeness (QED) is 0.870. The van der Waals surface area contributed by atoms with Crippen LogP contribution >= 0.6 is 0 Å². The number of aromatic nitrogens is 2. The molecular formula is C15H15F3N4O2. The Balaban J connectivity index is 1.95. The molecular weight excluding hydrogens is 325 g/mol. The van der Waals surface area contributed by atoms with Crippen molar-refractivity contribution in [3.63, 3.8) is 0 Å². The first-order valence-corrected chi connectivity index (χ1v) is 7.27. The first kappa shape index (κ1) is 16.3. The SMILES string of the molecule is Cc1cc(C(=O)N2C[C@@H](C(F)(F)F)[C@H](C(N)=O)C2)c2[nH]ncc2c1. The van der Waals surface area contributed by atoms with Gasteiger partial charge in [-0.05, 0) is 24.6 Å². The minimum absolute atomic E-state index is 0.230. The maximum atomic E-state index is 13.1. The van der Waals surface area contributed by atoms with Gasteiger partial charge in [0.05, 0.1) is 29.1 Å². The third-order valence-corrected chi connectivity index (χ3v) is 4.32. The number of primary amides is 1. The number of hydrogen-bond donors (Lipinski definition) is 2. The molecule has 0 unspecified atom stereocenters. The molecule has 2 amide bonds. The van der Waals surface area contributed by atoms with Crippen molar-refractivity contribution in [3.8, 4) is 0 Å². The van der Waals surface area contributed by atoms with Crippen LogP contribution in [0.25, 0.3) is 10.9 Å². The van der Waals surface area contributed by atoms with Crippen molar-refractivity contribution in [1.29, 1.82) is 0 Å². The van der Waals surface area contributed by atoms with Crippen molar-refractivity contribution >= 4 is 22.7 Å². The van der Waals surface area contributed by atoms with Crippen LogP contribution in [0, 0.1) is 18.8 Å². The molecule has 1 aliphatic rings. The lowest BCUT2D eigenvalue weighted by Crippen LogP contribution is -2.37. The number of hydrogen-bond acceptors (Lipinski definition) is 3. The smallest absolute Gasteiger partial charge is 0.369 e. The van der Waals surface area contributed by atoms with Crippen LogP contribution in [0.3, 0.4) is 0 Å². The Labute approximate surface area is 134 Å². The first-order valence-electron chi connectivity index (χ1n) is 7.27. The predicted molar refractivity (Wildman–Crippen MR) is 79.0 cm³/mol. The number of fused-ring (bicyclic) bond motifs is 1. The van der Waals surface area contributed by atoms with Crippen molar-refractivity contribution in [2.45, 2.75) is 13.1 Å². The maximum absolute atomic E-state index is 13.1. The molecule has 2 aromatic rings. The highest BCUT2D eigenvalue weighted by atomic mass is 19.4. The summed E-state index contributed by atoms with van der Waals surface area (Å²) in [6.45, 7) is 0.847. The van der Waals surface area contributed by atoms with Gasteiger partial charge in [0.1, 0.15) is 0 Å². The molecule has 1 aliphatic heterocycles. The third kappa shape index (κ3) is 2.70. The molecule has 0 bridgehead atoms. The van der Waals surface area contributed by atoms with Crippen LogP contribution in [-0.2, 0) is 4.79 Å². The molecule has 2 heterocycles. The number of H-pyrrole nitrogens is 1. The van der Waals surface area contributed by atoms with E-state index in [-0.39, 0.29) is 12.1 Å². The fourth-order valence-corrected chi connectivity index (χ4v) is 3.14. The van der Waals surface area contributed by atoms with Crippen LogP contribution in [0.2, 0.25) is 0 Å². The van der Waals surface area contributed by atoms with Crippen molar-refractivity contribution in [2.75, 3.05) is 13.1 Å². The first-order chi connectivity index (χ1) is 11.2. The molecule has 6 nitrogen and oxygen atoms in total. The summed E-state index contributed by atoms with van der Waals surface area (Å²) >= 11 is 0. The molecule has 24 heavy (non-hydrogen) atoms. The van der Waals surface area contributed by atoms with E-state index < -0.39 is 36.4 Å². The standard InChI is InChI=1S/C15H15F3N4O2/c1-7-2-8-4-20-21-12(8)9(3-7)14(24)22-5-10(13(19)23)11(6-22)15(16,17)18/h2-4,10-11H,5-6H2,1H3,(H2,19,23)(H,20,21)/t10-,11-/m1/s1. The van der Waals surface area contributed by atoms with Gasteiger partial charge in [-0.25, -0.2) is 0 Å². The number of alkyl halides is 3. The number of likely N-dealkylation sites (tertiary alicyclic amines) is 1. The monoisotopic (exact) mass is 340 g/mol. The number of carbonyl (C=O) groups excluding carboxylic acids is 2. The Morgan fingerprint density at radius 2 is 2.04 bits per heavy atom. The molecule has 128 valence electrons. The number of halogens is 3. The number of amides is 2. The Bertz CT molecular complexity index is 815. The number of rotatable bonds is 2. The summed E-state index contributed by atoms with van der Waals surface area (Å²) in [5, 5.41) is 7.23. The van der Waals surface area contributed by atoms with Crippen molar-refractivity contribution in [3.05, 3.63) is 29.5 Å². The molecule has 9 heteroatoms. The van der Waals surface area contributed by atoms with E-state index >= 15 is 0 Å². The molecule has 3 rings (SSSR count). The summed E-state index contributed by atoms with van der Waals surface area (Å²) in [6, 6.07) is 3.40. The molecule has 0 saturated carbocycles. The fraction of sp³-hybridized carbons (Fsp3) is 0.400. The summed E-state index contributed by atoms with van der Waals surface area (Å²) in [5.41, 5.74) is 6.56. The number of nitrogens with zero attached hydrogens (tertiary/aromatic N) is 2. The van der Waals surface area contributed by atoms with Crippen LogP contribution in [0.15, 0.2) is 18.3 Å². The van der Waals surface area contributed by atoms with Gasteiger partial charge < -0.3 is 10.6 Å². The molecule has 0 radical (unpaired) electrons. The number of aryl methyl sites for hydroxylation is 1. The Kier molecular flexibility index (Phi) is 3.73. The van der Waals surface area contributed by atoms with Gasteiger partial charge in [-0.15, -0.1) is 0 Å². The summed E-state index contributed by atoms with van der Waals surface area (Å²) in [4.78, 5) is 25.1. The number of benzene rings is 1. The highest BCUT2D eigenvalue weighted by molar-refractivity contribution is 6.06. The molecule has 1 aromatic carbocycles. The summed E-state index contributed by atoms with van der Waals surface area (Å²) < 4.78 is 39.3. The van der Waals surface area contributed by atoms with Gasteiger partial charge in [-0.2, -0.15) is 18.3 Å². The number of nitrogens with one attached hydrogen (secondary N) is 1. The van der Waals surface area contributed by atoms with E-state index in [0.29, 0.717) is 10.9 Å².